The van der Waals surface area contributed by atoms with Gasteiger partial charge in [0.05, 0.1) is 0 Å². The molecule has 0 N–H and O–H groups in total. The Morgan fingerprint density at radius 2 is 0.909 bits per heavy atom. The molecule has 3 heteroatoms. The summed E-state index contributed by atoms with van der Waals surface area (Å²) in [5.41, 5.74) is 20.0. The first kappa shape index (κ1) is 38.5. The molecule has 0 saturated carbocycles. The summed E-state index contributed by atoms with van der Waals surface area (Å²) >= 11 is 1.86. The summed E-state index contributed by atoms with van der Waals surface area (Å²) in [6.45, 7) is 4.68. The Bertz CT molecular complexity index is 3850. The van der Waals surface area contributed by atoms with Gasteiger partial charge in [0, 0.05) is 53.4 Å². The van der Waals surface area contributed by atoms with Gasteiger partial charge in [0.15, 0.2) is 0 Å². The number of para-hydroxylation sites is 1. The molecule has 0 radical (unpaired) electrons. The molecule has 1 aliphatic rings. The summed E-state index contributed by atoms with van der Waals surface area (Å²) in [7, 11) is 0. The number of hydrogen-bond donors (Lipinski definition) is 0. The molecule has 0 atom stereocenters. The van der Waals surface area contributed by atoms with Crippen molar-refractivity contribution in [2.75, 3.05) is 4.90 Å². The van der Waals surface area contributed by atoms with E-state index in [1.165, 1.54) is 70.2 Å². The van der Waals surface area contributed by atoms with Gasteiger partial charge in [-0.3, -0.25) is 0 Å². The van der Waals surface area contributed by atoms with Gasteiger partial charge in [-0.05, 0) is 146 Å². The predicted molar refractivity (Wildman–Crippen MR) is 281 cm³/mol. The molecule has 2 heterocycles. The SMILES string of the molecule is CC1(C)c2ccccc2-c2cc(-c3cccc(-c4cccc(N(c5ccc(-c6ccc7sc8ccccc8c7c6)cc5)c5ccc(-c6cccc7oc8ccccc8c67)cc5)c4)c3)ccc21. The number of thiophene rings is 1. The van der Waals surface area contributed by atoms with Crippen LogP contribution in [0.15, 0.2) is 229 Å². The largest absolute Gasteiger partial charge is 0.456 e. The molecule has 10 aromatic carbocycles. The second-order valence-electron chi connectivity index (χ2n) is 18.1. The van der Waals surface area contributed by atoms with Crippen LogP contribution in [0.25, 0.3) is 97.7 Å². The number of benzene rings is 10. The number of furan rings is 1. The van der Waals surface area contributed by atoms with Gasteiger partial charge in [-0.25, -0.2) is 0 Å². The fraction of sp³-hybridized carbons (Fsp3) is 0.0476. The highest BCUT2D eigenvalue weighted by Gasteiger charge is 2.35. The van der Waals surface area contributed by atoms with Crippen LogP contribution in [0.3, 0.4) is 0 Å². The Morgan fingerprint density at radius 1 is 0.348 bits per heavy atom. The number of hydrogen-bond acceptors (Lipinski definition) is 3. The van der Waals surface area contributed by atoms with Gasteiger partial charge in [0.1, 0.15) is 11.2 Å². The first-order valence-corrected chi connectivity index (χ1v) is 23.5. The van der Waals surface area contributed by atoms with Gasteiger partial charge in [0.2, 0.25) is 0 Å². The first-order valence-electron chi connectivity index (χ1n) is 22.7. The lowest BCUT2D eigenvalue weighted by molar-refractivity contribution is 0.660. The van der Waals surface area contributed by atoms with Crippen molar-refractivity contribution in [3.8, 4) is 55.6 Å². The summed E-state index contributed by atoms with van der Waals surface area (Å²) in [6, 6.07) is 82.2. The van der Waals surface area contributed by atoms with Crippen LogP contribution in [0.5, 0.6) is 0 Å². The van der Waals surface area contributed by atoms with Crippen molar-refractivity contribution in [1.82, 2.24) is 0 Å². The minimum atomic E-state index is -0.0181. The topological polar surface area (TPSA) is 16.4 Å². The second kappa shape index (κ2) is 15.1. The Balaban J connectivity index is 0.892. The maximum atomic E-state index is 6.28. The van der Waals surface area contributed by atoms with Gasteiger partial charge in [0.25, 0.3) is 0 Å². The van der Waals surface area contributed by atoms with Crippen molar-refractivity contribution >= 4 is 70.5 Å². The summed E-state index contributed by atoms with van der Waals surface area (Å²) in [5.74, 6) is 0. The molecule has 13 rings (SSSR count). The monoisotopic (exact) mass is 861 g/mol. The minimum Gasteiger partial charge on any atom is -0.456 e. The molecule has 0 saturated heterocycles. The third-order valence-electron chi connectivity index (χ3n) is 13.9. The zero-order valence-corrected chi connectivity index (χ0v) is 37.4. The molecule has 0 spiro atoms. The van der Waals surface area contributed by atoms with Crippen molar-refractivity contribution in [1.29, 1.82) is 0 Å². The van der Waals surface area contributed by atoms with Crippen molar-refractivity contribution < 1.29 is 4.42 Å². The van der Waals surface area contributed by atoms with Crippen molar-refractivity contribution in [3.63, 3.8) is 0 Å². The van der Waals surface area contributed by atoms with E-state index in [1.54, 1.807) is 0 Å². The predicted octanol–water partition coefficient (Wildman–Crippen LogP) is 18.4. The fourth-order valence-electron chi connectivity index (χ4n) is 10.6. The molecule has 1 aliphatic carbocycles. The first-order chi connectivity index (χ1) is 32.4. The van der Waals surface area contributed by atoms with Crippen LogP contribution in [0.1, 0.15) is 25.0 Å². The standard InChI is InChI=1S/C63H43NOS/c1-63(2)56-20-6-3-16-51(56)54-38-46(28-34-57(54)63)43-13-9-12-42(36-43)44-14-10-15-49(37-44)64(47-30-24-40(25-31-47)45-29-35-61-55(39-45)52-17-5-8-23-60(52)66-61)48-32-26-41(27-33-48)50-19-11-22-59-62(50)53-18-4-7-21-58(53)65-59/h3-39H,1-2H3. The lowest BCUT2D eigenvalue weighted by atomic mass is 9.82. The average Bonchev–Trinajstić information content (AvgIpc) is 4.02. The average molecular weight is 862 g/mol. The lowest BCUT2D eigenvalue weighted by Crippen LogP contribution is -2.14. The molecule has 312 valence electrons. The van der Waals surface area contributed by atoms with Crippen LogP contribution in [0.2, 0.25) is 0 Å². The summed E-state index contributed by atoms with van der Waals surface area (Å²) in [5, 5.41) is 4.90. The van der Waals surface area contributed by atoms with Crippen LogP contribution in [-0.2, 0) is 5.41 Å². The molecule has 0 bridgehead atoms. The van der Waals surface area contributed by atoms with Crippen molar-refractivity contribution in [3.05, 3.63) is 236 Å². The normalized spacial score (nSPS) is 12.8. The van der Waals surface area contributed by atoms with E-state index in [0.29, 0.717) is 0 Å². The third-order valence-corrected chi connectivity index (χ3v) is 15.0. The molecule has 0 unspecified atom stereocenters. The molecule has 2 aromatic heterocycles. The number of fused-ring (bicyclic) bond motifs is 9. The molecular weight excluding hydrogens is 819 g/mol. The minimum absolute atomic E-state index is 0.0181. The molecule has 66 heavy (non-hydrogen) atoms. The number of anilines is 3. The van der Waals surface area contributed by atoms with Gasteiger partial charge in [-0.2, -0.15) is 0 Å². The van der Waals surface area contributed by atoms with E-state index in [4.69, 9.17) is 4.42 Å². The highest BCUT2D eigenvalue weighted by atomic mass is 32.1. The Hall–Kier alpha value is -7.98. The summed E-state index contributed by atoms with van der Waals surface area (Å²) in [4.78, 5) is 2.38. The molecule has 0 aliphatic heterocycles. The lowest BCUT2D eigenvalue weighted by Gasteiger charge is -2.26. The van der Waals surface area contributed by atoms with Crippen LogP contribution < -0.4 is 4.90 Å². The second-order valence-corrected chi connectivity index (χ2v) is 19.2. The Morgan fingerprint density at radius 3 is 1.73 bits per heavy atom. The molecule has 0 fully saturated rings. The van der Waals surface area contributed by atoms with Crippen molar-refractivity contribution in [2.24, 2.45) is 0 Å². The zero-order valence-electron chi connectivity index (χ0n) is 36.6. The quantitative estimate of drug-likeness (QED) is 0.159. The van der Waals surface area contributed by atoms with Gasteiger partial charge in [-0.1, -0.05) is 159 Å². The van der Waals surface area contributed by atoms with E-state index in [2.05, 4.69) is 231 Å². The van der Waals surface area contributed by atoms with E-state index >= 15 is 0 Å². The van der Waals surface area contributed by atoms with E-state index < -0.39 is 0 Å². The van der Waals surface area contributed by atoms with E-state index in [0.717, 1.165) is 55.7 Å². The third kappa shape index (κ3) is 6.23. The number of nitrogens with zero attached hydrogens (tertiary/aromatic N) is 1. The van der Waals surface area contributed by atoms with Crippen LogP contribution in [-0.4, -0.2) is 0 Å². The molecular formula is C63H43NOS. The van der Waals surface area contributed by atoms with Crippen LogP contribution in [0, 0.1) is 0 Å². The maximum Gasteiger partial charge on any atom is 0.136 e. The van der Waals surface area contributed by atoms with Gasteiger partial charge in [-0.15, -0.1) is 11.3 Å². The Kier molecular flexibility index (Phi) is 8.78. The smallest absolute Gasteiger partial charge is 0.136 e. The summed E-state index contributed by atoms with van der Waals surface area (Å²) in [6.07, 6.45) is 0. The molecule has 12 aromatic rings. The zero-order chi connectivity index (χ0) is 43.9. The number of rotatable bonds is 7. The fourth-order valence-corrected chi connectivity index (χ4v) is 11.7. The van der Waals surface area contributed by atoms with E-state index in [9.17, 15) is 0 Å². The van der Waals surface area contributed by atoms with E-state index in [1.807, 2.05) is 23.5 Å². The van der Waals surface area contributed by atoms with Crippen LogP contribution in [0.4, 0.5) is 17.1 Å². The highest BCUT2D eigenvalue weighted by Crippen LogP contribution is 2.50. The van der Waals surface area contributed by atoms with Crippen molar-refractivity contribution in [2.45, 2.75) is 19.3 Å². The van der Waals surface area contributed by atoms with E-state index in [-0.39, 0.29) is 5.41 Å². The summed E-state index contributed by atoms with van der Waals surface area (Å²) < 4.78 is 8.92. The molecule has 2 nitrogen and oxygen atoms in total. The molecule has 0 amide bonds. The van der Waals surface area contributed by atoms with Gasteiger partial charge < -0.3 is 9.32 Å². The van der Waals surface area contributed by atoms with Crippen LogP contribution >= 0.6 is 11.3 Å². The van der Waals surface area contributed by atoms with Gasteiger partial charge >= 0.3 is 0 Å². The maximum absolute atomic E-state index is 6.28. The highest BCUT2D eigenvalue weighted by molar-refractivity contribution is 7.25. The Labute approximate surface area is 388 Å².